The molecule has 2 aliphatic rings. The average molecular weight is 381 g/mol. The van der Waals surface area contributed by atoms with Crippen molar-refractivity contribution in [3.05, 3.63) is 41.8 Å². The van der Waals surface area contributed by atoms with Crippen LogP contribution < -0.4 is 4.74 Å². The lowest BCUT2D eigenvalue weighted by Gasteiger charge is -2.44. The van der Waals surface area contributed by atoms with Crippen LogP contribution in [0.25, 0.3) is 0 Å². The van der Waals surface area contributed by atoms with E-state index >= 15 is 0 Å². The summed E-state index contributed by atoms with van der Waals surface area (Å²) in [6.45, 7) is 2.66. The number of para-hydroxylation sites is 1. The van der Waals surface area contributed by atoms with E-state index in [1.807, 2.05) is 6.07 Å². The zero-order valence-electron chi connectivity index (χ0n) is 14.4. The number of carbonyl (C=O) groups is 2. The van der Waals surface area contributed by atoms with E-state index in [-0.39, 0.29) is 30.4 Å². The number of ether oxygens (including phenoxy) is 3. The Morgan fingerprint density at radius 3 is 2.62 bits per heavy atom. The topological polar surface area (TPSA) is 99.2 Å². The molecule has 0 aromatic heterocycles. The van der Waals surface area contributed by atoms with Gasteiger partial charge in [0.05, 0.1) is 12.1 Å². The van der Waals surface area contributed by atoms with Crippen molar-refractivity contribution in [2.75, 3.05) is 12.4 Å². The molecule has 1 fully saturated rings. The Morgan fingerprint density at radius 1 is 1.31 bits per heavy atom. The molecule has 140 valence electrons. The highest BCUT2D eigenvalue weighted by atomic mass is 32.2. The molecule has 9 heteroatoms. The molecule has 0 aliphatic carbocycles. The summed E-state index contributed by atoms with van der Waals surface area (Å²) in [6, 6.07) is 8.93. The van der Waals surface area contributed by atoms with Gasteiger partial charge in [-0.15, -0.1) is 0 Å². The van der Waals surface area contributed by atoms with E-state index in [4.69, 9.17) is 14.2 Å². The van der Waals surface area contributed by atoms with Gasteiger partial charge in [0.25, 0.3) is 0 Å². The number of sulfone groups is 1. The minimum atomic E-state index is -3.57. The lowest BCUT2D eigenvalue weighted by molar-refractivity contribution is -0.166. The number of β-lactam (4-membered cyclic amide) rings is 1. The summed E-state index contributed by atoms with van der Waals surface area (Å²) in [5.41, 5.74) is 0.337. The number of nitrogens with zero attached hydrogens (tertiary/aromatic N) is 1. The number of benzene rings is 1. The number of carbonyl (C=O) groups excluding carboxylic acids is 2. The van der Waals surface area contributed by atoms with Crippen molar-refractivity contribution in [3.8, 4) is 5.75 Å². The zero-order valence-corrected chi connectivity index (χ0v) is 15.2. The Bertz CT molecular complexity index is 847. The Morgan fingerprint density at radius 2 is 2.00 bits per heavy atom. The molecule has 2 atom stereocenters. The zero-order chi connectivity index (χ0) is 18.9. The van der Waals surface area contributed by atoms with Gasteiger partial charge in [-0.2, -0.15) is 0 Å². The number of rotatable bonds is 6. The maximum Gasteiger partial charge on any atom is 0.305 e. The minimum Gasteiger partial charge on any atom is -0.487 e. The molecule has 0 radical (unpaired) electrons. The molecule has 1 aromatic carbocycles. The van der Waals surface area contributed by atoms with Gasteiger partial charge in [0, 0.05) is 13.8 Å². The van der Waals surface area contributed by atoms with Crippen LogP contribution in [0.2, 0.25) is 0 Å². The summed E-state index contributed by atoms with van der Waals surface area (Å²) >= 11 is 0. The van der Waals surface area contributed by atoms with Gasteiger partial charge < -0.3 is 14.2 Å². The minimum absolute atomic E-state index is 0.0378. The summed E-state index contributed by atoms with van der Waals surface area (Å²) in [4.78, 5) is 24.3. The second-order valence-electron chi connectivity index (χ2n) is 6.00. The van der Waals surface area contributed by atoms with Gasteiger partial charge in [-0.25, -0.2) is 8.42 Å². The molecule has 1 amide bonds. The van der Waals surface area contributed by atoms with Gasteiger partial charge in [0.1, 0.15) is 29.2 Å². The van der Waals surface area contributed by atoms with Gasteiger partial charge in [-0.3, -0.25) is 14.5 Å². The summed E-state index contributed by atoms with van der Waals surface area (Å²) in [7, 11) is -3.57. The van der Waals surface area contributed by atoms with Gasteiger partial charge in [0.2, 0.25) is 12.2 Å². The highest BCUT2D eigenvalue weighted by Gasteiger charge is 2.52. The first-order valence-corrected chi connectivity index (χ1v) is 9.77. The van der Waals surface area contributed by atoms with E-state index in [1.54, 1.807) is 24.3 Å². The third kappa shape index (κ3) is 3.67. The molecule has 2 heterocycles. The Balaban J connectivity index is 1.88. The molecule has 8 nitrogen and oxygen atoms in total. The maximum absolute atomic E-state index is 12.4. The van der Waals surface area contributed by atoms with E-state index in [0.29, 0.717) is 11.4 Å². The number of hydrogen-bond acceptors (Lipinski definition) is 7. The van der Waals surface area contributed by atoms with Crippen LogP contribution in [0.15, 0.2) is 41.8 Å². The molecule has 1 unspecified atom stereocenters. The molecule has 0 saturated carbocycles. The number of hydrogen-bond donors (Lipinski definition) is 0. The van der Waals surface area contributed by atoms with Crippen molar-refractivity contribution in [1.82, 2.24) is 4.90 Å². The highest BCUT2D eigenvalue weighted by molar-refractivity contribution is 7.92. The Labute approximate surface area is 151 Å². The van der Waals surface area contributed by atoms with Crippen LogP contribution in [0, 0.1) is 0 Å². The number of fused-ring (bicyclic) bond motifs is 1. The van der Waals surface area contributed by atoms with Crippen molar-refractivity contribution in [2.45, 2.75) is 31.9 Å². The smallest absolute Gasteiger partial charge is 0.305 e. The van der Waals surface area contributed by atoms with Crippen molar-refractivity contribution < 1.29 is 32.2 Å². The standard InChI is InChI=1S/C17H19NO7S/c1-11(19)24-12(2)25-15-10-26(21,22)17-8-16(20)18(17)14(15)9-23-13-6-4-3-5-7-13/h3-7,12,17H,8-10H2,1-2H3/t12?,17-/m0/s1. The van der Waals surface area contributed by atoms with Crippen LogP contribution in [0.5, 0.6) is 5.75 Å². The molecule has 0 spiro atoms. The quantitative estimate of drug-likeness (QED) is 0.415. The van der Waals surface area contributed by atoms with E-state index in [9.17, 15) is 18.0 Å². The van der Waals surface area contributed by atoms with Crippen LogP contribution in [0.4, 0.5) is 0 Å². The molecule has 0 N–H and O–H groups in total. The monoisotopic (exact) mass is 381 g/mol. The van der Waals surface area contributed by atoms with Gasteiger partial charge in [0.15, 0.2) is 9.84 Å². The largest absolute Gasteiger partial charge is 0.487 e. The van der Waals surface area contributed by atoms with Crippen molar-refractivity contribution in [3.63, 3.8) is 0 Å². The molecule has 2 aliphatic heterocycles. The second kappa shape index (κ2) is 6.99. The summed E-state index contributed by atoms with van der Waals surface area (Å²) in [6.07, 6.45) is -1.04. The number of esters is 1. The first-order chi connectivity index (χ1) is 12.3. The number of amides is 1. The molecular weight excluding hydrogens is 362 g/mol. The highest BCUT2D eigenvalue weighted by Crippen LogP contribution is 2.37. The van der Waals surface area contributed by atoms with Crippen LogP contribution >= 0.6 is 0 Å². The molecule has 3 rings (SSSR count). The molecule has 1 aromatic rings. The van der Waals surface area contributed by atoms with E-state index in [1.165, 1.54) is 18.7 Å². The fourth-order valence-electron chi connectivity index (χ4n) is 2.87. The summed E-state index contributed by atoms with van der Waals surface area (Å²) in [5.74, 6) is -0.618. The Hall–Kier alpha value is -2.55. The average Bonchev–Trinajstić information content (AvgIpc) is 2.54. The lowest BCUT2D eigenvalue weighted by atomic mass is 10.1. The van der Waals surface area contributed by atoms with Crippen LogP contribution in [-0.4, -0.2) is 49.2 Å². The van der Waals surface area contributed by atoms with Crippen molar-refractivity contribution in [2.24, 2.45) is 0 Å². The first kappa shape index (κ1) is 18.2. The van der Waals surface area contributed by atoms with Crippen LogP contribution in [0.1, 0.15) is 20.3 Å². The molecular formula is C17H19NO7S. The van der Waals surface area contributed by atoms with Crippen molar-refractivity contribution >= 4 is 21.7 Å². The van der Waals surface area contributed by atoms with Crippen molar-refractivity contribution in [1.29, 1.82) is 0 Å². The fraction of sp³-hybridized carbons (Fsp3) is 0.412. The van der Waals surface area contributed by atoms with Gasteiger partial charge >= 0.3 is 5.97 Å². The van der Waals surface area contributed by atoms with Crippen LogP contribution in [0.3, 0.4) is 0 Å². The predicted octanol–water partition coefficient (Wildman–Crippen LogP) is 1.19. The van der Waals surface area contributed by atoms with Gasteiger partial charge in [-0.1, -0.05) is 18.2 Å². The first-order valence-electron chi connectivity index (χ1n) is 8.05. The Kier molecular flexibility index (Phi) is 4.90. The van der Waals surface area contributed by atoms with E-state index in [0.717, 1.165) is 0 Å². The molecule has 0 bridgehead atoms. The van der Waals surface area contributed by atoms with Crippen LogP contribution in [-0.2, 0) is 28.9 Å². The normalized spacial score (nSPS) is 22.2. The third-order valence-corrected chi connectivity index (χ3v) is 5.90. The fourth-order valence-corrected chi connectivity index (χ4v) is 4.63. The molecule has 26 heavy (non-hydrogen) atoms. The summed E-state index contributed by atoms with van der Waals surface area (Å²) in [5, 5.41) is -0.888. The summed E-state index contributed by atoms with van der Waals surface area (Å²) < 4.78 is 40.8. The second-order valence-corrected chi connectivity index (χ2v) is 8.15. The molecule has 1 saturated heterocycles. The predicted molar refractivity (Wildman–Crippen MR) is 90.3 cm³/mol. The van der Waals surface area contributed by atoms with Gasteiger partial charge in [-0.05, 0) is 12.1 Å². The SMILES string of the molecule is CC(=O)OC(C)OC1=C(COc2ccccc2)N2C(=O)C[C@@H]2S(=O)(=O)C1. The maximum atomic E-state index is 12.4. The van der Waals surface area contributed by atoms with E-state index < -0.39 is 27.5 Å². The van der Waals surface area contributed by atoms with E-state index in [2.05, 4.69) is 0 Å². The lowest BCUT2D eigenvalue weighted by Crippen LogP contribution is -2.60. The third-order valence-electron chi connectivity index (χ3n) is 4.02.